The number of sulfonamides is 1. The molecule has 1 rings (SSSR count). The summed E-state index contributed by atoms with van der Waals surface area (Å²) >= 11 is 0. The molecule has 1 aliphatic carbocycles. The van der Waals surface area contributed by atoms with E-state index in [4.69, 9.17) is 5.11 Å². The lowest BCUT2D eigenvalue weighted by Crippen LogP contribution is -2.44. The van der Waals surface area contributed by atoms with Crippen LogP contribution in [0.3, 0.4) is 0 Å². The predicted octanol–water partition coefficient (Wildman–Crippen LogP) is 0.867. The first-order chi connectivity index (χ1) is 6.96. The van der Waals surface area contributed by atoms with Gasteiger partial charge in [0.1, 0.15) is 0 Å². The summed E-state index contributed by atoms with van der Waals surface area (Å²) in [5, 5.41) is 8.09. The lowest BCUT2D eigenvalue weighted by atomic mass is 9.67. The molecule has 0 aromatic heterocycles. The molecule has 0 aromatic carbocycles. The van der Waals surface area contributed by atoms with Crippen LogP contribution in [0.1, 0.15) is 39.5 Å². The van der Waals surface area contributed by atoms with Crippen molar-refractivity contribution in [1.29, 1.82) is 0 Å². The van der Waals surface area contributed by atoms with Crippen molar-refractivity contribution in [1.82, 2.24) is 4.72 Å². The molecule has 0 bridgehead atoms. The molecule has 0 aliphatic heterocycles. The molecule has 15 heavy (non-hydrogen) atoms. The maximum Gasteiger partial charge on any atom is 0.216 e. The first kappa shape index (κ1) is 12.9. The Morgan fingerprint density at radius 1 is 1.47 bits per heavy atom. The number of nitrogens with one attached hydrogen (secondary N) is 1. The van der Waals surface area contributed by atoms with Gasteiger partial charge in [-0.15, -0.1) is 0 Å². The van der Waals surface area contributed by atoms with Crippen molar-refractivity contribution in [2.75, 3.05) is 13.2 Å². The third-order valence-electron chi connectivity index (χ3n) is 3.60. The average molecular weight is 235 g/mol. The quantitative estimate of drug-likeness (QED) is 0.718. The van der Waals surface area contributed by atoms with Crippen LogP contribution < -0.4 is 4.72 Å². The molecule has 2 N–H and O–H groups in total. The molecule has 5 heteroatoms. The fraction of sp³-hybridized carbons (Fsp3) is 1.00. The molecule has 1 unspecified atom stereocenters. The zero-order valence-corrected chi connectivity index (χ0v) is 10.3. The second kappa shape index (κ2) is 4.80. The molecule has 0 amide bonds. The third kappa shape index (κ3) is 2.92. The van der Waals surface area contributed by atoms with Crippen molar-refractivity contribution in [3.63, 3.8) is 0 Å². The highest BCUT2D eigenvalue weighted by Gasteiger charge is 2.36. The lowest BCUT2D eigenvalue weighted by molar-refractivity contribution is 0.132. The van der Waals surface area contributed by atoms with Crippen LogP contribution in [0.25, 0.3) is 0 Å². The molecule has 4 nitrogen and oxygen atoms in total. The van der Waals surface area contributed by atoms with Crippen molar-refractivity contribution in [3.8, 4) is 0 Å². The highest BCUT2D eigenvalue weighted by Crippen LogP contribution is 2.43. The Balaban J connectivity index is 2.49. The van der Waals surface area contributed by atoms with Gasteiger partial charge in [0.15, 0.2) is 0 Å². The van der Waals surface area contributed by atoms with Crippen LogP contribution in [0.5, 0.6) is 0 Å². The lowest BCUT2D eigenvalue weighted by Gasteiger charge is -2.41. The van der Waals surface area contributed by atoms with E-state index in [1.807, 2.05) is 0 Å². The maximum absolute atomic E-state index is 11.6. The van der Waals surface area contributed by atoms with E-state index in [0.717, 1.165) is 19.3 Å². The molecule has 1 atom stereocenters. The van der Waals surface area contributed by atoms with Gasteiger partial charge in [-0.3, -0.25) is 0 Å². The summed E-state index contributed by atoms with van der Waals surface area (Å²) in [6, 6.07) is 0. The SMILES string of the molecule is CCC1(CNS(=O)(=O)C(C)CO)CCC1. The van der Waals surface area contributed by atoms with Gasteiger partial charge in [0, 0.05) is 6.54 Å². The van der Waals surface area contributed by atoms with E-state index in [9.17, 15) is 8.42 Å². The number of hydrogen-bond donors (Lipinski definition) is 2. The number of rotatable bonds is 6. The highest BCUT2D eigenvalue weighted by atomic mass is 32.2. The Hall–Kier alpha value is -0.130. The molecule has 1 fully saturated rings. The Labute approximate surface area is 92.1 Å². The van der Waals surface area contributed by atoms with Crippen LogP contribution in [0.2, 0.25) is 0 Å². The average Bonchev–Trinajstić information content (AvgIpc) is 2.15. The minimum Gasteiger partial charge on any atom is -0.395 e. The molecule has 90 valence electrons. The van der Waals surface area contributed by atoms with Gasteiger partial charge in [-0.25, -0.2) is 13.1 Å². The standard InChI is InChI=1S/C10H21NO3S/c1-3-10(5-4-6-10)8-11-15(13,14)9(2)7-12/h9,11-12H,3-8H2,1-2H3. The largest absolute Gasteiger partial charge is 0.395 e. The number of aliphatic hydroxyl groups is 1. The van der Waals surface area contributed by atoms with Crippen LogP contribution in [0, 0.1) is 5.41 Å². The van der Waals surface area contributed by atoms with Crippen LogP contribution >= 0.6 is 0 Å². The smallest absolute Gasteiger partial charge is 0.216 e. The first-order valence-electron chi connectivity index (χ1n) is 5.55. The third-order valence-corrected chi connectivity index (χ3v) is 5.35. The van der Waals surface area contributed by atoms with E-state index in [1.165, 1.54) is 13.3 Å². The van der Waals surface area contributed by atoms with Gasteiger partial charge in [-0.1, -0.05) is 13.3 Å². The molecule has 0 spiro atoms. The molecule has 1 aliphatic rings. The highest BCUT2D eigenvalue weighted by molar-refractivity contribution is 7.90. The molecule has 0 heterocycles. The monoisotopic (exact) mass is 235 g/mol. The summed E-state index contributed by atoms with van der Waals surface area (Å²) in [4.78, 5) is 0. The minimum absolute atomic E-state index is 0.183. The summed E-state index contributed by atoms with van der Waals surface area (Å²) in [5.74, 6) is 0. The fourth-order valence-corrected chi connectivity index (χ4v) is 2.81. The molecule has 0 aromatic rings. The van der Waals surface area contributed by atoms with Crippen molar-refractivity contribution in [3.05, 3.63) is 0 Å². The zero-order chi connectivity index (χ0) is 11.5. The van der Waals surface area contributed by atoms with Gasteiger partial charge >= 0.3 is 0 Å². The number of aliphatic hydroxyl groups excluding tert-OH is 1. The van der Waals surface area contributed by atoms with Gasteiger partial charge < -0.3 is 5.11 Å². The maximum atomic E-state index is 11.6. The van der Waals surface area contributed by atoms with E-state index < -0.39 is 15.3 Å². The van der Waals surface area contributed by atoms with Crippen LogP contribution in [0.4, 0.5) is 0 Å². The van der Waals surface area contributed by atoms with Crippen molar-refractivity contribution in [2.24, 2.45) is 5.41 Å². The number of hydrogen-bond acceptors (Lipinski definition) is 3. The Kier molecular flexibility index (Phi) is 4.14. The second-order valence-corrected chi connectivity index (χ2v) is 6.75. The summed E-state index contributed by atoms with van der Waals surface area (Å²) in [5.41, 5.74) is 0.183. The van der Waals surface area contributed by atoms with Gasteiger partial charge in [-0.2, -0.15) is 0 Å². The summed E-state index contributed by atoms with van der Waals surface area (Å²) in [7, 11) is -3.33. The van der Waals surface area contributed by atoms with E-state index in [2.05, 4.69) is 11.6 Å². The molecule has 1 saturated carbocycles. The summed E-state index contributed by atoms with van der Waals surface area (Å²) < 4.78 is 25.8. The van der Waals surface area contributed by atoms with Gasteiger partial charge in [-0.05, 0) is 31.6 Å². The van der Waals surface area contributed by atoms with Crippen LogP contribution in [-0.2, 0) is 10.0 Å². The molecular formula is C10H21NO3S. The topological polar surface area (TPSA) is 66.4 Å². The Bertz CT molecular complexity index is 290. The first-order valence-corrected chi connectivity index (χ1v) is 7.10. The zero-order valence-electron chi connectivity index (χ0n) is 9.49. The Morgan fingerprint density at radius 3 is 2.40 bits per heavy atom. The van der Waals surface area contributed by atoms with Crippen molar-refractivity contribution < 1.29 is 13.5 Å². The van der Waals surface area contributed by atoms with Crippen molar-refractivity contribution >= 4 is 10.0 Å². The van der Waals surface area contributed by atoms with E-state index in [-0.39, 0.29) is 12.0 Å². The van der Waals surface area contributed by atoms with E-state index >= 15 is 0 Å². The normalized spacial score (nSPS) is 22.1. The summed E-state index contributed by atoms with van der Waals surface area (Å²) in [6.07, 6.45) is 4.44. The van der Waals surface area contributed by atoms with Crippen molar-refractivity contribution in [2.45, 2.75) is 44.8 Å². The van der Waals surface area contributed by atoms with E-state index in [1.54, 1.807) is 0 Å². The molecular weight excluding hydrogens is 214 g/mol. The Morgan fingerprint density at radius 2 is 2.07 bits per heavy atom. The second-order valence-electron chi connectivity index (χ2n) is 4.57. The van der Waals surface area contributed by atoms with Gasteiger partial charge in [0.05, 0.1) is 11.9 Å². The van der Waals surface area contributed by atoms with Crippen LogP contribution in [0.15, 0.2) is 0 Å². The molecule has 0 saturated heterocycles. The fourth-order valence-electron chi connectivity index (χ4n) is 1.83. The van der Waals surface area contributed by atoms with Crippen LogP contribution in [-0.4, -0.2) is 31.9 Å². The minimum atomic E-state index is -3.33. The van der Waals surface area contributed by atoms with E-state index in [0.29, 0.717) is 6.54 Å². The molecule has 0 radical (unpaired) electrons. The summed E-state index contributed by atoms with van der Waals surface area (Å²) in [6.45, 7) is 3.81. The predicted molar refractivity (Wildman–Crippen MR) is 60.0 cm³/mol. The van der Waals surface area contributed by atoms with Gasteiger partial charge in [0.2, 0.25) is 10.0 Å². The van der Waals surface area contributed by atoms with Gasteiger partial charge in [0.25, 0.3) is 0 Å².